The zero-order chi connectivity index (χ0) is 19.2. The van der Waals surface area contributed by atoms with Crippen molar-refractivity contribution >= 4 is 17.5 Å². The first kappa shape index (κ1) is 18.9. The van der Waals surface area contributed by atoms with E-state index >= 15 is 0 Å². The molecule has 0 bridgehead atoms. The molecule has 0 unspecified atom stereocenters. The van der Waals surface area contributed by atoms with E-state index in [1.807, 2.05) is 0 Å². The maximum Gasteiger partial charge on any atom is 0.261 e. The molecule has 27 heavy (non-hydrogen) atoms. The summed E-state index contributed by atoms with van der Waals surface area (Å²) in [4.78, 5) is 14.0. The van der Waals surface area contributed by atoms with Gasteiger partial charge < -0.3 is 14.1 Å². The van der Waals surface area contributed by atoms with E-state index in [-0.39, 0.29) is 30.3 Å². The molecule has 0 spiro atoms. The van der Waals surface area contributed by atoms with Crippen molar-refractivity contribution < 1.29 is 22.7 Å². The van der Waals surface area contributed by atoms with Gasteiger partial charge in [-0.05, 0) is 48.5 Å². The van der Waals surface area contributed by atoms with Crippen LogP contribution in [0.2, 0.25) is 5.02 Å². The molecule has 0 saturated carbocycles. The van der Waals surface area contributed by atoms with Gasteiger partial charge in [0.1, 0.15) is 23.1 Å². The number of amides is 1. The fourth-order valence-electron chi connectivity index (χ4n) is 2.46. The fourth-order valence-corrected chi connectivity index (χ4v) is 2.69. The van der Waals surface area contributed by atoms with Crippen LogP contribution in [0, 0.1) is 11.6 Å². The molecule has 0 aliphatic carbocycles. The molecule has 2 aromatic carbocycles. The van der Waals surface area contributed by atoms with Crippen LogP contribution in [0.3, 0.4) is 0 Å². The van der Waals surface area contributed by atoms with E-state index in [4.69, 9.17) is 20.8 Å². The Morgan fingerprint density at radius 2 is 1.81 bits per heavy atom. The van der Waals surface area contributed by atoms with Crippen molar-refractivity contribution in [1.82, 2.24) is 4.90 Å². The van der Waals surface area contributed by atoms with Gasteiger partial charge in [0, 0.05) is 10.6 Å². The maximum absolute atomic E-state index is 14.1. The lowest BCUT2D eigenvalue weighted by atomic mass is 10.2. The zero-order valence-electron chi connectivity index (χ0n) is 14.2. The quantitative estimate of drug-likeness (QED) is 0.580. The Morgan fingerprint density at radius 3 is 2.48 bits per heavy atom. The molecule has 0 aliphatic heterocycles. The molecule has 0 saturated heterocycles. The number of rotatable bonds is 7. The van der Waals surface area contributed by atoms with Crippen molar-refractivity contribution in [3.8, 4) is 5.75 Å². The standard InChI is InChI=1S/C20H16ClF2NO3/c21-18-4-1-5-19(23)17(18)12-24(11-16-3-2-10-26-16)20(25)13-27-15-8-6-14(22)7-9-15/h1-10H,11-13H2. The van der Waals surface area contributed by atoms with Crippen LogP contribution in [0.5, 0.6) is 5.75 Å². The minimum Gasteiger partial charge on any atom is -0.484 e. The molecule has 0 radical (unpaired) electrons. The van der Waals surface area contributed by atoms with E-state index in [1.54, 1.807) is 18.2 Å². The number of furan rings is 1. The molecule has 1 aromatic heterocycles. The minimum atomic E-state index is -0.501. The molecule has 0 aliphatic rings. The monoisotopic (exact) mass is 391 g/mol. The third-order valence-corrected chi connectivity index (χ3v) is 4.22. The van der Waals surface area contributed by atoms with Crippen LogP contribution in [-0.4, -0.2) is 17.4 Å². The predicted octanol–water partition coefficient (Wildman–Crippen LogP) is 4.82. The summed E-state index contributed by atoms with van der Waals surface area (Å²) < 4.78 is 37.8. The van der Waals surface area contributed by atoms with Crippen molar-refractivity contribution in [2.45, 2.75) is 13.1 Å². The summed E-state index contributed by atoms with van der Waals surface area (Å²) in [6.07, 6.45) is 1.49. The summed E-state index contributed by atoms with van der Waals surface area (Å²) in [7, 11) is 0. The number of hydrogen-bond acceptors (Lipinski definition) is 3. The second-order valence-corrected chi connectivity index (χ2v) is 6.18. The number of ether oxygens (including phenoxy) is 1. The Labute approximate surface area is 159 Å². The molecule has 3 aromatic rings. The third-order valence-electron chi connectivity index (χ3n) is 3.87. The first-order valence-corrected chi connectivity index (χ1v) is 8.52. The Morgan fingerprint density at radius 1 is 1.04 bits per heavy atom. The van der Waals surface area contributed by atoms with Gasteiger partial charge in [-0.1, -0.05) is 17.7 Å². The van der Waals surface area contributed by atoms with Gasteiger partial charge in [0.25, 0.3) is 5.91 Å². The highest BCUT2D eigenvalue weighted by Gasteiger charge is 2.20. The first-order valence-electron chi connectivity index (χ1n) is 8.14. The van der Waals surface area contributed by atoms with E-state index in [0.29, 0.717) is 11.5 Å². The van der Waals surface area contributed by atoms with Gasteiger partial charge >= 0.3 is 0 Å². The SMILES string of the molecule is O=C(COc1ccc(F)cc1)N(Cc1ccco1)Cc1c(F)cccc1Cl. The second kappa shape index (κ2) is 8.68. The summed E-state index contributed by atoms with van der Waals surface area (Å²) in [6, 6.07) is 13.1. The molecular formula is C20H16ClF2NO3. The van der Waals surface area contributed by atoms with Crippen molar-refractivity contribution in [2.24, 2.45) is 0 Å². The van der Waals surface area contributed by atoms with Crippen molar-refractivity contribution in [1.29, 1.82) is 0 Å². The van der Waals surface area contributed by atoms with Gasteiger partial charge in [0.15, 0.2) is 6.61 Å². The van der Waals surface area contributed by atoms with Gasteiger partial charge in [-0.3, -0.25) is 4.79 Å². The second-order valence-electron chi connectivity index (χ2n) is 5.77. The normalized spacial score (nSPS) is 10.6. The molecule has 7 heteroatoms. The molecule has 0 fully saturated rings. The zero-order valence-corrected chi connectivity index (χ0v) is 15.0. The lowest BCUT2D eigenvalue weighted by Crippen LogP contribution is -2.34. The van der Waals surface area contributed by atoms with E-state index in [1.165, 1.54) is 47.6 Å². The van der Waals surface area contributed by atoms with E-state index in [0.717, 1.165) is 0 Å². The number of carbonyl (C=O) groups excluding carboxylic acids is 1. The Kier molecular flexibility index (Phi) is 6.08. The van der Waals surface area contributed by atoms with E-state index < -0.39 is 17.5 Å². The van der Waals surface area contributed by atoms with Crippen molar-refractivity contribution in [3.63, 3.8) is 0 Å². The van der Waals surface area contributed by atoms with Crippen molar-refractivity contribution in [3.05, 3.63) is 88.8 Å². The molecule has 3 rings (SSSR count). The van der Waals surface area contributed by atoms with Gasteiger partial charge in [0.05, 0.1) is 19.4 Å². The molecule has 1 heterocycles. The lowest BCUT2D eigenvalue weighted by Gasteiger charge is -2.23. The van der Waals surface area contributed by atoms with Crippen LogP contribution in [0.25, 0.3) is 0 Å². The van der Waals surface area contributed by atoms with Gasteiger partial charge in [-0.25, -0.2) is 8.78 Å². The topological polar surface area (TPSA) is 42.7 Å². The highest BCUT2D eigenvalue weighted by atomic mass is 35.5. The Hall–Kier alpha value is -2.86. The largest absolute Gasteiger partial charge is 0.484 e. The number of halogens is 3. The fraction of sp³-hybridized carbons (Fsp3) is 0.150. The molecule has 0 N–H and O–H groups in total. The third kappa shape index (κ3) is 5.08. The van der Waals surface area contributed by atoms with E-state index in [2.05, 4.69) is 0 Å². The Balaban J connectivity index is 1.74. The highest BCUT2D eigenvalue weighted by Crippen LogP contribution is 2.22. The molecule has 1 amide bonds. The smallest absolute Gasteiger partial charge is 0.261 e. The van der Waals surface area contributed by atoms with Crippen LogP contribution in [0.4, 0.5) is 8.78 Å². The summed E-state index contributed by atoms with van der Waals surface area (Å²) in [5.74, 6) is -0.402. The number of nitrogens with zero attached hydrogens (tertiary/aromatic N) is 1. The molecule has 4 nitrogen and oxygen atoms in total. The maximum atomic E-state index is 14.1. The molecule has 140 valence electrons. The summed E-state index contributed by atoms with van der Waals surface area (Å²) in [6.45, 7) is -0.209. The van der Waals surface area contributed by atoms with Crippen LogP contribution in [0.15, 0.2) is 65.3 Å². The Bertz CT molecular complexity index is 878. The summed E-state index contributed by atoms with van der Waals surface area (Å²) in [5, 5.41) is 0.228. The first-order chi connectivity index (χ1) is 13.0. The number of hydrogen-bond donors (Lipinski definition) is 0. The highest BCUT2D eigenvalue weighted by molar-refractivity contribution is 6.31. The van der Waals surface area contributed by atoms with Crippen LogP contribution in [0.1, 0.15) is 11.3 Å². The predicted molar refractivity (Wildman–Crippen MR) is 96.3 cm³/mol. The number of carbonyl (C=O) groups is 1. The average molecular weight is 392 g/mol. The molecular weight excluding hydrogens is 376 g/mol. The van der Waals surface area contributed by atoms with E-state index in [9.17, 15) is 13.6 Å². The summed E-state index contributed by atoms with van der Waals surface area (Å²) in [5.41, 5.74) is 0.209. The number of benzene rings is 2. The van der Waals surface area contributed by atoms with Crippen LogP contribution in [-0.2, 0) is 17.9 Å². The van der Waals surface area contributed by atoms with Gasteiger partial charge in [-0.2, -0.15) is 0 Å². The minimum absolute atomic E-state index is 0.0438. The van der Waals surface area contributed by atoms with Crippen LogP contribution < -0.4 is 4.74 Å². The molecule has 0 atom stereocenters. The van der Waals surface area contributed by atoms with Gasteiger partial charge in [-0.15, -0.1) is 0 Å². The average Bonchev–Trinajstić information content (AvgIpc) is 3.16. The summed E-state index contributed by atoms with van der Waals surface area (Å²) >= 11 is 6.08. The lowest BCUT2D eigenvalue weighted by molar-refractivity contribution is -0.134. The van der Waals surface area contributed by atoms with Crippen LogP contribution >= 0.6 is 11.6 Å². The van der Waals surface area contributed by atoms with Gasteiger partial charge in [0.2, 0.25) is 0 Å². The van der Waals surface area contributed by atoms with Crippen molar-refractivity contribution in [2.75, 3.05) is 6.61 Å².